The lowest BCUT2D eigenvalue weighted by atomic mass is 10.2. The van der Waals surface area contributed by atoms with Crippen molar-refractivity contribution in [2.75, 3.05) is 31.1 Å². The Morgan fingerprint density at radius 3 is 2.90 bits per heavy atom. The summed E-state index contributed by atoms with van der Waals surface area (Å²) in [7, 11) is 0. The first-order chi connectivity index (χ1) is 9.74. The van der Waals surface area contributed by atoms with E-state index in [1.165, 1.54) is 12.8 Å². The van der Waals surface area contributed by atoms with Gasteiger partial charge >= 0.3 is 5.97 Å². The van der Waals surface area contributed by atoms with Crippen molar-refractivity contribution in [2.45, 2.75) is 32.7 Å². The lowest BCUT2D eigenvalue weighted by Gasteiger charge is -2.25. The van der Waals surface area contributed by atoms with E-state index in [4.69, 9.17) is 4.74 Å². The van der Waals surface area contributed by atoms with Gasteiger partial charge in [0.2, 0.25) is 0 Å². The zero-order valence-electron chi connectivity index (χ0n) is 12.3. The molecule has 1 unspecified atom stereocenters. The molecule has 1 aliphatic heterocycles. The average molecular weight is 277 g/mol. The molecule has 0 radical (unpaired) electrons. The van der Waals surface area contributed by atoms with Crippen LogP contribution in [-0.4, -0.2) is 43.2 Å². The van der Waals surface area contributed by atoms with Gasteiger partial charge in [-0.1, -0.05) is 0 Å². The van der Waals surface area contributed by atoms with Crippen LogP contribution >= 0.6 is 0 Å². The summed E-state index contributed by atoms with van der Waals surface area (Å²) in [6, 6.07) is 4.22. The Labute approximate surface area is 120 Å². The van der Waals surface area contributed by atoms with Gasteiger partial charge in [-0.05, 0) is 45.4 Å². The molecule has 1 fully saturated rings. The van der Waals surface area contributed by atoms with E-state index in [0.29, 0.717) is 18.2 Å². The number of rotatable bonds is 6. The van der Waals surface area contributed by atoms with E-state index in [1.807, 2.05) is 6.07 Å². The fourth-order valence-corrected chi connectivity index (χ4v) is 2.47. The molecule has 0 amide bonds. The summed E-state index contributed by atoms with van der Waals surface area (Å²) in [5.74, 6) is 0.598. The van der Waals surface area contributed by atoms with Crippen LogP contribution in [0.15, 0.2) is 18.3 Å². The zero-order valence-corrected chi connectivity index (χ0v) is 12.3. The molecule has 1 atom stereocenters. The van der Waals surface area contributed by atoms with Crippen LogP contribution in [0.1, 0.15) is 37.0 Å². The molecule has 1 saturated heterocycles. The second kappa shape index (κ2) is 7.24. The maximum absolute atomic E-state index is 11.6. The number of carbonyl (C=O) groups excluding carboxylic acids is 1. The van der Waals surface area contributed by atoms with E-state index in [1.54, 1.807) is 19.2 Å². The molecule has 2 rings (SSSR count). The van der Waals surface area contributed by atoms with Crippen molar-refractivity contribution in [3.63, 3.8) is 0 Å². The van der Waals surface area contributed by atoms with Gasteiger partial charge in [-0.2, -0.15) is 0 Å². The quantitative estimate of drug-likeness (QED) is 0.804. The zero-order chi connectivity index (χ0) is 14.4. The first-order valence-corrected chi connectivity index (χ1v) is 7.36. The average Bonchev–Trinajstić information content (AvgIpc) is 2.98. The Bertz CT molecular complexity index is 427. The minimum atomic E-state index is -0.313. The van der Waals surface area contributed by atoms with Gasteiger partial charge in [0.15, 0.2) is 0 Å². The van der Waals surface area contributed by atoms with E-state index < -0.39 is 0 Å². The van der Waals surface area contributed by atoms with Gasteiger partial charge in [0.05, 0.1) is 12.2 Å². The Kier molecular flexibility index (Phi) is 5.35. The molecular weight excluding hydrogens is 254 g/mol. The predicted octanol–water partition coefficient (Wildman–Crippen LogP) is 1.84. The fraction of sp³-hybridized carbons (Fsp3) is 0.600. The van der Waals surface area contributed by atoms with Gasteiger partial charge in [0.25, 0.3) is 0 Å². The molecule has 1 aliphatic rings. The highest BCUT2D eigenvalue weighted by Crippen LogP contribution is 2.15. The lowest BCUT2D eigenvalue weighted by molar-refractivity contribution is 0.0526. The predicted molar refractivity (Wildman–Crippen MR) is 79.1 cm³/mol. The Balaban J connectivity index is 2.00. The maximum atomic E-state index is 11.6. The number of nitrogens with zero attached hydrogens (tertiary/aromatic N) is 2. The molecule has 20 heavy (non-hydrogen) atoms. The molecule has 2 heterocycles. The van der Waals surface area contributed by atoms with Crippen LogP contribution in [0.25, 0.3) is 0 Å². The van der Waals surface area contributed by atoms with Crippen LogP contribution in [0.3, 0.4) is 0 Å². The highest BCUT2D eigenvalue weighted by molar-refractivity contribution is 5.89. The molecule has 0 aromatic carbocycles. The molecule has 1 aromatic heterocycles. The normalized spacial score (nSPS) is 18.0. The van der Waals surface area contributed by atoms with Gasteiger partial charge in [0.1, 0.15) is 5.82 Å². The SMILES string of the molecule is CCOC(=O)c1ccc(N(CC)CC2CCCN2)nc1. The number of esters is 1. The Hall–Kier alpha value is -1.62. The third kappa shape index (κ3) is 3.70. The summed E-state index contributed by atoms with van der Waals surface area (Å²) in [5.41, 5.74) is 0.505. The van der Waals surface area contributed by atoms with Crippen molar-refractivity contribution >= 4 is 11.8 Å². The summed E-state index contributed by atoms with van der Waals surface area (Å²) >= 11 is 0. The van der Waals surface area contributed by atoms with Gasteiger partial charge in [-0.3, -0.25) is 0 Å². The number of hydrogen-bond acceptors (Lipinski definition) is 5. The Morgan fingerprint density at radius 2 is 2.35 bits per heavy atom. The smallest absolute Gasteiger partial charge is 0.339 e. The number of nitrogens with one attached hydrogen (secondary N) is 1. The highest BCUT2D eigenvalue weighted by Gasteiger charge is 2.18. The summed E-state index contributed by atoms with van der Waals surface area (Å²) in [5, 5.41) is 3.49. The first-order valence-electron chi connectivity index (χ1n) is 7.36. The van der Waals surface area contributed by atoms with Crippen LogP contribution in [0.5, 0.6) is 0 Å². The first kappa shape index (κ1) is 14.8. The molecule has 0 bridgehead atoms. The highest BCUT2D eigenvalue weighted by atomic mass is 16.5. The summed E-state index contributed by atoms with van der Waals surface area (Å²) in [4.78, 5) is 18.2. The monoisotopic (exact) mass is 277 g/mol. The van der Waals surface area contributed by atoms with Crippen LogP contribution in [0.2, 0.25) is 0 Å². The van der Waals surface area contributed by atoms with Gasteiger partial charge in [-0.25, -0.2) is 9.78 Å². The van der Waals surface area contributed by atoms with Crippen LogP contribution in [-0.2, 0) is 4.74 Å². The fourth-order valence-electron chi connectivity index (χ4n) is 2.47. The van der Waals surface area contributed by atoms with Crippen LogP contribution in [0, 0.1) is 0 Å². The number of anilines is 1. The summed E-state index contributed by atoms with van der Waals surface area (Å²) < 4.78 is 4.96. The number of likely N-dealkylation sites (N-methyl/N-ethyl adjacent to an activating group) is 1. The van der Waals surface area contributed by atoms with Gasteiger partial charge in [0, 0.05) is 25.3 Å². The number of aromatic nitrogens is 1. The molecule has 5 nitrogen and oxygen atoms in total. The van der Waals surface area contributed by atoms with Crippen molar-refractivity contribution < 1.29 is 9.53 Å². The molecule has 0 saturated carbocycles. The van der Waals surface area contributed by atoms with E-state index in [9.17, 15) is 4.79 Å². The molecule has 1 N–H and O–H groups in total. The third-order valence-corrected chi connectivity index (χ3v) is 3.57. The van der Waals surface area contributed by atoms with Gasteiger partial charge < -0.3 is 15.0 Å². The molecule has 110 valence electrons. The molecule has 0 spiro atoms. The van der Waals surface area contributed by atoms with Crippen molar-refractivity contribution in [2.24, 2.45) is 0 Å². The number of pyridine rings is 1. The van der Waals surface area contributed by atoms with E-state index in [0.717, 1.165) is 25.5 Å². The maximum Gasteiger partial charge on any atom is 0.339 e. The molecular formula is C15H23N3O2. The molecule has 1 aromatic rings. The minimum absolute atomic E-state index is 0.313. The number of carbonyl (C=O) groups is 1. The topological polar surface area (TPSA) is 54.5 Å². The third-order valence-electron chi connectivity index (χ3n) is 3.57. The van der Waals surface area contributed by atoms with Crippen LogP contribution in [0.4, 0.5) is 5.82 Å². The molecule has 5 heteroatoms. The van der Waals surface area contributed by atoms with Crippen molar-refractivity contribution in [3.8, 4) is 0 Å². The van der Waals surface area contributed by atoms with Crippen molar-refractivity contribution in [1.29, 1.82) is 0 Å². The lowest BCUT2D eigenvalue weighted by Crippen LogP contribution is -2.37. The Morgan fingerprint density at radius 1 is 1.50 bits per heavy atom. The summed E-state index contributed by atoms with van der Waals surface area (Å²) in [6.07, 6.45) is 4.06. The van der Waals surface area contributed by atoms with E-state index in [-0.39, 0.29) is 5.97 Å². The number of ether oxygens (including phenoxy) is 1. The van der Waals surface area contributed by atoms with E-state index >= 15 is 0 Å². The molecule has 0 aliphatic carbocycles. The van der Waals surface area contributed by atoms with E-state index in [2.05, 4.69) is 22.1 Å². The largest absolute Gasteiger partial charge is 0.462 e. The second-order valence-electron chi connectivity index (χ2n) is 4.96. The second-order valence-corrected chi connectivity index (χ2v) is 4.96. The van der Waals surface area contributed by atoms with Crippen molar-refractivity contribution in [1.82, 2.24) is 10.3 Å². The van der Waals surface area contributed by atoms with Gasteiger partial charge in [-0.15, -0.1) is 0 Å². The summed E-state index contributed by atoms with van der Waals surface area (Å²) in [6.45, 7) is 7.28. The minimum Gasteiger partial charge on any atom is -0.462 e. The van der Waals surface area contributed by atoms with Crippen molar-refractivity contribution in [3.05, 3.63) is 23.9 Å². The standard InChI is InChI=1S/C15H23N3O2/c1-3-18(11-13-6-5-9-16-13)14-8-7-12(10-17-14)15(19)20-4-2/h7-8,10,13,16H,3-6,9,11H2,1-2H3. The number of hydrogen-bond donors (Lipinski definition) is 1. The van der Waals surface area contributed by atoms with Crippen LogP contribution < -0.4 is 10.2 Å².